The average molecular weight is 221 g/mol. The predicted molar refractivity (Wildman–Crippen MR) is 61.0 cm³/mol. The third kappa shape index (κ3) is 1.87. The Kier molecular flexibility index (Phi) is 2.69. The second-order valence-corrected chi connectivity index (χ2v) is 5.03. The molecule has 0 aliphatic carbocycles. The van der Waals surface area contributed by atoms with Crippen LogP contribution in [0.1, 0.15) is 24.3 Å². The Morgan fingerprint density at radius 3 is 3.31 bits per heavy atom. The molecule has 2 unspecified atom stereocenters. The normalized spacial score (nSPS) is 30.6. The second-order valence-electron chi connectivity index (χ2n) is 5.03. The van der Waals surface area contributed by atoms with E-state index in [0.717, 1.165) is 30.5 Å². The molecule has 0 aromatic carbocycles. The minimum absolute atomic E-state index is 0.714. The zero-order chi connectivity index (χ0) is 11.0. The second kappa shape index (κ2) is 4.18. The first-order valence-electron chi connectivity index (χ1n) is 6.20. The molecule has 0 radical (unpaired) electrons. The van der Waals surface area contributed by atoms with Crippen molar-refractivity contribution in [2.75, 3.05) is 19.6 Å². The molecule has 2 saturated heterocycles. The van der Waals surface area contributed by atoms with Crippen molar-refractivity contribution in [3.8, 4) is 0 Å². The number of nitrogens with zero attached hydrogens (tertiary/aromatic N) is 2. The molecule has 2 aliphatic heterocycles. The maximum atomic E-state index is 5.13. The lowest BCUT2D eigenvalue weighted by Crippen LogP contribution is -2.44. The van der Waals surface area contributed by atoms with E-state index in [0.29, 0.717) is 6.04 Å². The Labute approximate surface area is 96.0 Å². The monoisotopic (exact) mass is 221 g/mol. The molecule has 88 valence electrons. The number of hydrogen-bond donors (Lipinski definition) is 1. The van der Waals surface area contributed by atoms with Gasteiger partial charge in [-0.05, 0) is 38.8 Å². The first-order valence-corrected chi connectivity index (χ1v) is 6.20. The molecule has 4 nitrogen and oxygen atoms in total. The molecule has 2 atom stereocenters. The smallest absolute Gasteiger partial charge is 0.133 e. The number of piperidine rings is 1. The zero-order valence-corrected chi connectivity index (χ0v) is 9.78. The van der Waals surface area contributed by atoms with E-state index >= 15 is 0 Å². The number of hydrogen-bond acceptors (Lipinski definition) is 4. The van der Waals surface area contributed by atoms with Gasteiger partial charge in [0.2, 0.25) is 0 Å². The average Bonchev–Trinajstić information content (AvgIpc) is 2.87. The zero-order valence-electron chi connectivity index (χ0n) is 9.78. The highest BCUT2D eigenvalue weighted by Crippen LogP contribution is 2.27. The molecule has 16 heavy (non-hydrogen) atoms. The van der Waals surface area contributed by atoms with Gasteiger partial charge in [0.15, 0.2) is 0 Å². The van der Waals surface area contributed by atoms with Gasteiger partial charge in [0, 0.05) is 25.2 Å². The van der Waals surface area contributed by atoms with E-state index < -0.39 is 0 Å². The van der Waals surface area contributed by atoms with E-state index in [4.69, 9.17) is 4.52 Å². The number of fused-ring (bicyclic) bond motifs is 1. The first kappa shape index (κ1) is 10.3. The van der Waals surface area contributed by atoms with Crippen molar-refractivity contribution in [2.45, 2.75) is 32.4 Å². The van der Waals surface area contributed by atoms with E-state index in [-0.39, 0.29) is 0 Å². The van der Waals surface area contributed by atoms with E-state index in [9.17, 15) is 0 Å². The van der Waals surface area contributed by atoms with Crippen molar-refractivity contribution in [1.82, 2.24) is 15.4 Å². The quantitative estimate of drug-likeness (QED) is 0.814. The van der Waals surface area contributed by atoms with Crippen LogP contribution in [0.15, 0.2) is 10.6 Å². The molecule has 0 amide bonds. The number of aromatic nitrogens is 1. The lowest BCUT2D eigenvalue weighted by Gasteiger charge is -2.36. The van der Waals surface area contributed by atoms with E-state index in [1.54, 1.807) is 0 Å². The Morgan fingerprint density at radius 1 is 1.56 bits per heavy atom. The number of likely N-dealkylation sites (tertiary alicyclic amines) is 1. The van der Waals surface area contributed by atoms with Gasteiger partial charge in [-0.15, -0.1) is 0 Å². The molecule has 3 rings (SSSR count). The minimum atomic E-state index is 0.714. The molecule has 2 fully saturated rings. The van der Waals surface area contributed by atoms with Crippen LogP contribution in [0.3, 0.4) is 0 Å². The lowest BCUT2D eigenvalue weighted by atomic mass is 9.92. The summed E-state index contributed by atoms with van der Waals surface area (Å²) in [5, 5.41) is 7.59. The topological polar surface area (TPSA) is 41.3 Å². The Bertz CT molecular complexity index is 363. The molecule has 4 heteroatoms. The van der Waals surface area contributed by atoms with Crippen LogP contribution >= 0.6 is 0 Å². The molecule has 2 aliphatic rings. The van der Waals surface area contributed by atoms with Crippen LogP contribution in [0.4, 0.5) is 0 Å². The Hall–Kier alpha value is -0.870. The van der Waals surface area contributed by atoms with Gasteiger partial charge in [-0.1, -0.05) is 5.16 Å². The lowest BCUT2D eigenvalue weighted by molar-refractivity contribution is 0.114. The molecule has 1 aromatic rings. The number of aryl methyl sites for hydroxylation is 1. The summed E-state index contributed by atoms with van der Waals surface area (Å²) in [6.45, 7) is 6.43. The van der Waals surface area contributed by atoms with Gasteiger partial charge in [0.05, 0.1) is 5.69 Å². The van der Waals surface area contributed by atoms with Crippen molar-refractivity contribution >= 4 is 0 Å². The number of nitrogens with one attached hydrogen (secondary N) is 1. The molecular weight excluding hydrogens is 202 g/mol. The van der Waals surface area contributed by atoms with Crippen molar-refractivity contribution in [1.29, 1.82) is 0 Å². The molecular formula is C12H19N3O. The van der Waals surface area contributed by atoms with E-state index in [1.165, 1.54) is 25.9 Å². The van der Waals surface area contributed by atoms with Crippen LogP contribution in [0.2, 0.25) is 0 Å². The van der Waals surface area contributed by atoms with Crippen LogP contribution < -0.4 is 5.32 Å². The van der Waals surface area contributed by atoms with Crippen LogP contribution in [0.5, 0.6) is 0 Å². The summed E-state index contributed by atoms with van der Waals surface area (Å²) in [7, 11) is 0. The standard InChI is InChI=1S/C12H19N3O/c1-9-5-11(14-16-9)8-15-4-2-3-10-6-13-7-12(10)15/h5,10,12-13H,2-4,6-8H2,1H3. The van der Waals surface area contributed by atoms with E-state index in [1.807, 2.05) is 13.0 Å². The number of rotatable bonds is 2. The highest BCUT2D eigenvalue weighted by Gasteiger charge is 2.34. The predicted octanol–water partition coefficient (Wildman–Crippen LogP) is 1.17. The fourth-order valence-electron chi connectivity index (χ4n) is 3.06. The minimum Gasteiger partial charge on any atom is -0.361 e. The van der Waals surface area contributed by atoms with Crippen molar-refractivity contribution in [3.05, 3.63) is 17.5 Å². The summed E-state index contributed by atoms with van der Waals surface area (Å²) < 4.78 is 5.13. The van der Waals surface area contributed by atoms with Gasteiger partial charge >= 0.3 is 0 Å². The Balaban J connectivity index is 1.69. The molecule has 1 aromatic heterocycles. The van der Waals surface area contributed by atoms with Crippen molar-refractivity contribution in [2.24, 2.45) is 5.92 Å². The molecule has 0 saturated carbocycles. The SMILES string of the molecule is Cc1cc(CN2CCCC3CNCC32)no1. The van der Waals surface area contributed by atoms with Crippen LogP contribution in [0, 0.1) is 12.8 Å². The fraction of sp³-hybridized carbons (Fsp3) is 0.750. The summed E-state index contributed by atoms with van der Waals surface area (Å²) in [5.74, 6) is 1.76. The van der Waals surface area contributed by atoms with Crippen molar-refractivity contribution < 1.29 is 4.52 Å². The van der Waals surface area contributed by atoms with Gasteiger partial charge in [0.1, 0.15) is 5.76 Å². The maximum Gasteiger partial charge on any atom is 0.133 e. The molecule has 0 spiro atoms. The van der Waals surface area contributed by atoms with Gasteiger partial charge in [0.25, 0.3) is 0 Å². The van der Waals surface area contributed by atoms with Crippen LogP contribution in [-0.2, 0) is 6.54 Å². The third-order valence-electron chi connectivity index (χ3n) is 3.84. The van der Waals surface area contributed by atoms with E-state index in [2.05, 4.69) is 15.4 Å². The molecule has 0 bridgehead atoms. The largest absolute Gasteiger partial charge is 0.361 e. The molecule has 1 N–H and O–H groups in total. The molecule has 3 heterocycles. The summed E-state index contributed by atoms with van der Waals surface area (Å²) >= 11 is 0. The first-order chi connectivity index (χ1) is 7.83. The summed E-state index contributed by atoms with van der Waals surface area (Å²) in [6, 6.07) is 2.76. The van der Waals surface area contributed by atoms with Gasteiger partial charge < -0.3 is 9.84 Å². The maximum absolute atomic E-state index is 5.13. The van der Waals surface area contributed by atoms with Crippen LogP contribution in [-0.4, -0.2) is 35.7 Å². The van der Waals surface area contributed by atoms with Crippen LogP contribution in [0.25, 0.3) is 0 Å². The summed E-state index contributed by atoms with van der Waals surface area (Å²) in [6.07, 6.45) is 2.70. The highest BCUT2D eigenvalue weighted by atomic mass is 16.5. The van der Waals surface area contributed by atoms with Gasteiger partial charge in [-0.2, -0.15) is 0 Å². The third-order valence-corrected chi connectivity index (χ3v) is 3.84. The summed E-state index contributed by atoms with van der Waals surface area (Å²) in [4.78, 5) is 2.56. The Morgan fingerprint density at radius 2 is 2.50 bits per heavy atom. The van der Waals surface area contributed by atoms with Gasteiger partial charge in [-0.3, -0.25) is 4.90 Å². The summed E-state index contributed by atoms with van der Waals surface area (Å²) in [5.41, 5.74) is 1.07. The van der Waals surface area contributed by atoms with Crippen molar-refractivity contribution in [3.63, 3.8) is 0 Å². The fourth-order valence-corrected chi connectivity index (χ4v) is 3.06. The van der Waals surface area contributed by atoms with Gasteiger partial charge in [-0.25, -0.2) is 0 Å². The highest BCUT2D eigenvalue weighted by molar-refractivity contribution is 5.05.